The Hall–Kier alpha value is -1.30. The van der Waals surface area contributed by atoms with E-state index in [1.165, 1.54) is 6.07 Å². The number of aromatic nitrogens is 1. The lowest BCUT2D eigenvalue weighted by Crippen LogP contribution is -2.33. The zero-order chi connectivity index (χ0) is 13.2. The molecule has 100 valence electrons. The van der Waals surface area contributed by atoms with Gasteiger partial charge in [-0.3, -0.25) is 0 Å². The molecule has 1 aromatic rings. The highest BCUT2D eigenvalue weighted by atomic mass is 19.4. The van der Waals surface area contributed by atoms with E-state index in [4.69, 9.17) is 0 Å². The summed E-state index contributed by atoms with van der Waals surface area (Å²) in [5, 5.41) is 12.9. The second-order valence-corrected chi connectivity index (χ2v) is 4.71. The highest BCUT2D eigenvalue weighted by molar-refractivity contribution is 5.36. The first-order chi connectivity index (χ1) is 8.39. The first-order valence-corrected chi connectivity index (χ1v) is 5.89. The summed E-state index contributed by atoms with van der Waals surface area (Å²) in [7, 11) is 0. The van der Waals surface area contributed by atoms with Crippen molar-refractivity contribution < 1.29 is 18.3 Å². The lowest BCUT2D eigenvalue weighted by Gasteiger charge is -2.22. The number of pyridine rings is 1. The van der Waals surface area contributed by atoms with Gasteiger partial charge in [-0.1, -0.05) is 12.8 Å². The minimum atomic E-state index is -4.37. The average molecular weight is 260 g/mol. The van der Waals surface area contributed by atoms with Crippen LogP contribution in [0, 0.1) is 0 Å². The fourth-order valence-electron chi connectivity index (χ4n) is 2.13. The van der Waals surface area contributed by atoms with Crippen LogP contribution >= 0.6 is 0 Å². The van der Waals surface area contributed by atoms with E-state index in [1.807, 2.05) is 0 Å². The summed E-state index contributed by atoms with van der Waals surface area (Å²) in [5.74, 6) is 0.350. The summed E-state index contributed by atoms with van der Waals surface area (Å²) in [6.45, 7) is 0.325. The topological polar surface area (TPSA) is 45.1 Å². The van der Waals surface area contributed by atoms with Gasteiger partial charge in [-0.05, 0) is 25.0 Å². The Kier molecular flexibility index (Phi) is 3.47. The first-order valence-electron chi connectivity index (χ1n) is 5.89. The van der Waals surface area contributed by atoms with Crippen LogP contribution in [0.1, 0.15) is 31.2 Å². The molecule has 0 atom stereocenters. The van der Waals surface area contributed by atoms with Crippen molar-refractivity contribution in [3.63, 3.8) is 0 Å². The summed E-state index contributed by atoms with van der Waals surface area (Å²) in [5.41, 5.74) is -1.52. The molecule has 0 aromatic carbocycles. The third-order valence-electron chi connectivity index (χ3n) is 3.22. The summed E-state index contributed by atoms with van der Waals surface area (Å²) < 4.78 is 36.9. The van der Waals surface area contributed by atoms with E-state index < -0.39 is 17.3 Å². The van der Waals surface area contributed by atoms with Crippen LogP contribution in [0.5, 0.6) is 0 Å². The van der Waals surface area contributed by atoms with Gasteiger partial charge in [-0.25, -0.2) is 4.98 Å². The van der Waals surface area contributed by atoms with Gasteiger partial charge in [0.1, 0.15) is 5.82 Å². The zero-order valence-electron chi connectivity index (χ0n) is 9.80. The third-order valence-corrected chi connectivity index (χ3v) is 3.22. The van der Waals surface area contributed by atoms with Crippen molar-refractivity contribution in [3.8, 4) is 0 Å². The monoisotopic (exact) mass is 260 g/mol. The summed E-state index contributed by atoms with van der Waals surface area (Å²) in [4.78, 5) is 3.69. The minimum absolute atomic E-state index is 0.325. The molecular weight excluding hydrogens is 245 g/mol. The number of alkyl halides is 3. The van der Waals surface area contributed by atoms with Crippen molar-refractivity contribution in [2.75, 3.05) is 11.9 Å². The van der Waals surface area contributed by atoms with E-state index >= 15 is 0 Å². The molecule has 0 aliphatic heterocycles. The number of hydrogen-bond acceptors (Lipinski definition) is 3. The summed E-state index contributed by atoms with van der Waals surface area (Å²) >= 11 is 0. The molecule has 1 fully saturated rings. The molecule has 0 saturated heterocycles. The zero-order valence-corrected chi connectivity index (χ0v) is 9.80. The van der Waals surface area contributed by atoms with Crippen LogP contribution in [-0.2, 0) is 6.18 Å². The van der Waals surface area contributed by atoms with Crippen LogP contribution in [0.25, 0.3) is 0 Å². The standard InChI is InChI=1S/C12H15F3N2O/c13-12(14,15)9-3-4-10(16-7-9)17-8-11(18)5-1-2-6-11/h3-4,7,18H,1-2,5-6,8H2,(H,16,17). The second-order valence-electron chi connectivity index (χ2n) is 4.71. The molecular formula is C12H15F3N2O. The maximum atomic E-state index is 12.3. The average Bonchev–Trinajstić information content (AvgIpc) is 2.74. The van der Waals surface area contributed by atoms with Crippen LogP contribution in [0.2, 0.25) is 0 Å². The number of halogens is 3. The van der Waals surface area contributed by atoms with E-state index in [-0.39, 0.29) is 0 Å². The maximum Gasteiger partial charge on any atom is 0.417 e. The van der Waals surface area contributed by atoms with Crippen LogP contribution < -0.4 is 5.32 Å². The SMILES string of the molecule is OC1(CNc2ccc(C(F)(F)F)cn2)CCCC1. The fourth-order valence-corrected chi connectivity index (χ4v) is 2.13. The Balaban J connectivity index is 1.94. The van der Waals surface area contributed by atoms with E-state index in [1.54, 1.807) is 0 Å². The smallest absolute Gasteiger partial charge is 0.388 e. The number of hydrogen-bond donors (Lipinski definition) is 2. The van der Waals surface area contributed by atoms with Gasteiger partial charge in [-0.2, -0.15) is 13.2 Å². The fraction of sp³-hybridized carbons (Fsp3) is 0.583. The van der Waals surface area contributed by atoms with E-state index in [9.17, 15) is 18.3 Å². The van der Waals surface area contributed by atoms with Crippen molar-refractivity contribution >= 4 is 5.82 Å². The van der Waals surface area contributed by atoms with Crippen molar-refractivity contribution in [1.82, 2.24) is 4.98 Å². The lowest BCUT2D eigenvalue weighted by molar-refractivity contribution is -0.137. The van der Waals surface area contributed by atoms with E-state index in [0.29, 0.717) is 12.4 Å². The molecule has 0 radical (unpaired) electrons. The summed E-state index contributed by atoms with van der Waals surface area (Å²) in [6, 6.07) is 2.26. The van der Waals surface area contributed by atoms with E-state index in [0.717, 1.165) is 37.9 Å². The molecule has 18 heavy (non-hydrogen) atoms. The van der Waals surface area contributed by atoms with Crippen molar-refractivity contribution in [3.05, 3.63) is 23.9 Å². The minimum Gasteiger partial charge on any atom is -0.388 e. The molecule has 0 spiro atoms. The largest absolute Gasteiger partial charge is 0.417 e. The van der Waals surface area contributed by atoms with Crippen LogP contribution in [0.15, 0.2) is 18.3 Å². The number of nitrogens with one attached hydrogen (secondary N) is 1. The Morgan fingerprint density at radius 2 is 1.94 bits per heavy atom. The van der Waals surface area contributed by atoms with Gasteiger partial charge < -0.3 is 10.4 Å². The van der Waals surface area contributed by atoms with Crippen LogP contribution in [0.3, 0.4) is 0 Å². The molecule has 0 amide bonds. The highest BCUT2D eigenvalue weighted by Gasteiger charge is 2.32. The molecule has 0 bridgehead atoms. The molecule has 1 aliphatic rings. The van der Waals surface area contributed by atoms with Gasteiger partial charge >= 0.3 is 6.18 Å². The van der Waals surface area contributed by atoms with Crippen molar-refractivity contribution in [2.45, 2.75) is 37.5 Å². The molecule has 1 aliphatic carbocycles. The van der Waals surface area contributed by atoms with Crippen molar-refractivity contribution in [1.29, 1.82) is 0 Å². The highest BCUT2D eigenvalue weighted by Crippen LogP contribution is 2.30. The Morgan fingerprint density at radius 1 is 1.28 bits per heavy atom. The Bertz CT molecular complexity index is 397. The molecule has 1 saturated carbocycles. The third kappa shape index (κ3) is 3.13. The summed E-state index contributed by atoms with van der Waals surface area (Å²) in [6.07, 6.45) is -0.158. The van der Waals surface area contributed by atoms with Crippen molar-refractivity contribution in [2.24, 2.45) is 0 Å². The molecule has 6 heteroatoms. The second kappa shape index (κ2) is 4.76. The van der Waals surface area contributed by atoms with Gasteiger partial charge in [0.25, 0.3) is 0 Å². The molecule has 0 unspecified atom stereocenters. The lowest BCUT2D eigenvalue weighted by atomic mass is 10.0. The quantitative estimate of drug-likeness (QED) is 0.878. The first kappa shape index (κ1) is 13.1. The maximum absolute atomic E-state index is 12.3. The number of anilines is 1. The number of aliphatic hydroxyl groups is 1. The van der Waals surface area contributed by atoms with E-state index in [2.05, 4.69) is 10.3 Å². The predicted molar refractivity (Wildman–Crippen MR) is 61.1 cm³/mol. The molecule has 2 N–H and O–H groups in total. The van der Waals surface area contributed by atoms with Gasteiger partial charge in [0.2, 0.25) is 0 Å². The predicted octanol–water partition coefficient (Wildman–Crippen LogP) is 2.82. The van der Waals surface area contributed by atoms with Crippen LogP contribution in [0.4, 0.5) is 19.0 Å². The number of nitrogens with zero attached hydrogens (tertiary/aromatic N) is 1. The molecule has 3 nitrogen and oxygen atoms in total. The molecule has 1 heterocycles. The van der Waals surface area contributed by atoms with Crippen LogP contribution in [-0.4, -0.2) is 22.2 Å². The molecule has 2 rings (SSSR count). The Labute approximate surface area is 103 Å². The molecule has 1 aromatic heterocycles. The number of rotatable bonds is 3. The normalized spacial score (nSPS) is 18.9. The van der Waals surface area contributed by atoms with Gasteiger partial charge in [0, 0.05) is 12.7 Å². The van der Waals surface area contributed by atoms with Gasteiger partial charge in [-0.15, -0.1) is 0 Å². The Morgan fingerprint density at radius 3 is 2.44 bits per heavy atom. The van der Waals surface area contributed by atoms with Gasteiger partial charge in [0.15, 0.2) is 0 Å². The van der Waals surface area contributed by atoms with Gasteiger partial charge in [0.05, 0.1) is 11.2 Å².